The van der Waals surface area contributed by atoms with E-state index in [9.17, 15) is 14.0 Å². The van der Waals surface area contributed by atoms with Crippen molar-refractivity contribution in [2.24, 2.45) is 0 Å². The van der Waals surface area contributed by atoms with Crippen molar-refractivity contribution in [1.29, 1.82) is 0 Å². The quantitative estimate of drug-likeness (QED) is 0.710. The summed E-state index contributed by atoms with van der Waals surface area (Å²) in [4.78, 5) is 26.1. The molecule has 128 valence electrons. The normalized spacial score (nSPS) is 11.8. The molecule has 1 aromatic carbocycles. The van der Waals surface area contributed by atoms with Crippen molar-refractivity contribution >= 4 is 11.8 Å². The molecule has 0 radical (unpaired) electrons. The van der Waals surface area contributed by atoms with Gasteiger partial charge in [-0.15, -0.1) is 0 Å². The molecule has 0 fully saturated rings. The van der Waals surface area contributed by atoms with Gasteiger partial charge in [0.15, 0.2) is 0 Å². The van der Waals surface area contributed by atoms with Crippen LogP contribution in [0.15, 0.2) is 24.3 Å². The second kappa shape index (κ2) is 9.98. The first kappa shape index (κ1) is 19.1. The molecule has 0 saturated carbocycles. The zero-order valence-corrected chi connectivity index (χ0v) is 14.3. The van der Waals surface area contributed by atoms with Gasteiger partial charge < -0.3 is 10.2 Å². The second-order valence-corrected chi connectivity index (χ2v) is 5.68. The molecule has 1 rings (SSSR count). The van der Waals surface area contributed by atoms with Gasteiger partial charge in [-0.2, -0.15) is 0 Å². The Morgan fingerprint density at radius 2 is 1.91 bits per heavy atom. The average molecular weight is 322 g/mol. The predicted octanol–water partition coefficient (Wildman–Crippen LogP) is 3.26. The number of hydrogen-bond acceptors (Lipinski definition) is 2. The summed E-state index contributed by atoms with van der Waals surface area (Å²) in [6.07, 6.45) is 2.93. The van der Waals surface area contributed by atoms with Crippen molar-refractivity contribution < 1.29 is 14.0 Å². The Kier molecular flexibility index (Phi) is 8.30. The van der Waals surface area contributed by atoms with Crippen LogP contribution in [0.4, 0.5) is 4.39 Å². The average Bonchev–Trinajstić information content (AvgIpc) is 2.53. The van der Waals surface area contributed by atoms with Gasteiger partial charge in [-0.05, 0) is 25.8 Å². The van der Waals surface area contributed by atoms with E-state index in [0.29, 0.717) is 24.9 Å². The molecule has 1 atom stereocenters. The van der Waals surface area contributed by atoms with Gasteiger partial charge in [0.1, 0.15) is 11.9 Å². The Labute approximate surface area is 138 Å². The van der Waals surface area contributed by atoms with Gasteiger partial charge in [0, 0.05) is 25.1 Å². The van der Waals surface area contributed by atoms with E-state index in [2.05, 4.69) is 5.32 Å². The third-order valence-corrected chi connectivity index (χ3v) is 3.76. The van der Waals surface area contributed by atoms with Crippen LogP contribution in [-0.2, 0) is 16.1 Å². The third kappa shape index (κ3) is 6.00. The number of benzene rings is 1. The Morgan fingerprint density at radius 3 is 2.52 bits per heavy atom. The molecule has 0 saturated heterocycles. The molecule has 0 heterocycles. The smallest absolute Gasteiger partial charge is 0.242 e. The van der Waals surface area contributed by atoms with E-state index in [4.69, 9.17) is 0 Å². The Hall–Kier alpha value is -1.91. The summed E-state index contributed by atoms with van der Waals surface area (Å²) >= 11 is 0. The molecule has 0 aliphatic heterocycles. The summed E-state index contributed by atoms with van der Waals surface area (Å²) in [5.74, 6) is -0.687. The molecule has 1 aromatic rings. The van der Waals surface area contributed by atoms with Crippen LogP contribution in [-0.4, -0.2) is 29.3 Å². The fourth-order valence-electron chi connectivity index (χ4n) is 2.29. The van der Waals surface area contributed by atoms with Crippen LogP contribution >= 0.6 is 0 Å². The van der Waals surface area contributed by atoms with Gasteiger partial charge in [-0.25, -0.2) is 4.39 Å². The van der Waals surface area contributed by atoms with E-state index >= 15 is 0 Å². The van der Waals surface area contributed by atoms with Gasteiger partial charge in [0.2, 0.25) is 11.8 Å². The first-order valence-electron chi connectivity index (χ1n) is 8.31. The van der Waals surface area contributed by atoms with E-state index in [1.807, 2.05) is 13.8 Å². The third-order valence-electron chi connectivity index (χ3n) is 3.76. The SMILES string of the molecule is CCCCNC(=O)[C@H](C)N(Cc1ccccc1F)C(=O)CCC. The lowest BCUT2D eigenvalue weighted by Crippen LogP contribution is -2.47. The summed E-state index contributed by atoms with van der Waals surface area (Å²) in [5, 5.41) is 2.83. The van der Waals surface area contributed by atoms with Crippen molar-refractivity contribution in [3.8, 4) is 0 Å². The number of unbranched alkanes of at least 4 members (excludes halogenated alkanes) is 1. The van der Waals surface area contributed by atoms with Gasteiger partial charge in [0.25, 0.3) is 0 Å². The highest BCUT2D eigenvalue weighted by Crippen LogP contribution is 2.14. The number of amides is 2. The van der Waals surface area contributed by atoms with Gasteiger partial charge >= 0.3 is 0 Å². The number of halogens is 1. The molecule has 1 N–H and O–H groups in total. The molecule has 0 unspecified atom stereocenters. The first-order chi connectivity index (χ1) is 11.0. The Morgan fingerprint density at radius 1 is 1.22 bits per heavy atom. The van der Waals surface area contributed by atoms with Gasteiger partial charge in [-0.3, -0.25) is 9.59 Å². The summed E-state index contributed by atoms with van der Waals surface area (Å²) in [6, 6.07) is 5.73. The molecular formula is C18H27FN2O2. The molecule has 0 aliphatic rings. The Balaban J connectivity index is 2.85. The molecular weight excluding hydrogens is 295 g/mol. The van der Waals surface area contributed by atoms with Crippen LogP contribution < -0.4 is 5.32 Å². The van der Waals surface area contributed by atoms with Crippen LogP contribution in [0.1, 0.15) is 52.0 Å². The highest BCUT2D eigenvalue weighted by Gasteiger charge is 2.25. The van der Waals surface area contributed by atoms with Crippen molar-refractivity contribution in [3.05, 3.63) is 35.6 Å². The van der Waals surface area contributed by atoms with Gasteiger partial charge in [-0.1, -0.05) is 38.5 Å². The minimum atomic E-state index is -0.620. The lowest BCUT2D eigenvalue weighted by molar-refractivity contribution is -0.140. The minimum absolute atomic E-state index is 0.105. The molecule has 4 nitrogen and oxygen atoms in total. The first-order valence-corrected chi connectivity index (χ1v) is 8.31. The minimum Gasteiger partial charge on any atom is -0.354 e. The molecule has 0 aromatic heterocycles. The molecule has 0 spiro atoms. The molecule has 0 aliphatic carbocycles. The zero-order chi connectivity index (χ0) is 17.2. The van der Waals surface area contributed by atoms with Crippen molar-refractivity contribution in [2.45, 2.75) is 59.0 Å². The van der Waals surface area contributed by atoms with Crippen LogP contribution in [0.3, 0.4) is 0 Å². The molecule has 23 heavy (non-hydrogen) atoms. The highest BCUT2D eigenvalue weighted by molar-refractivity contribution is 5.87. The van der Waals surface area contributed by atoms with Crippen LogP contribution in [0, 0.1) is 5.82 Å². The zero-order valence-electron chi connectivity index (χ0n) is 14.3. The second-order valence-electron chi connectivity index (χ2n) is 5.68. The standard InChI is InChI=1S/C18H27FN2O2/c1-4-6-12-20-18(23)14(3)21(17(22)9-5-2)13-15-10-7-8-11-16(15)19/h7-8,10-11,14H,4-6,9,12-13H2,1-3H3,(H,20,23)/t14-/m0/s1. The lowest BCUT2D eigenvalue weighted by atomic mass is 10.1. The number of carbonyl (C=O) groups is 2. The largest absolute Gasteiger partial charge is 0.354 e. The Bertz CT molecular complexity index is 519. The number of nitrogens with one attached hydrogen (secondary N) is 1. The fourth-order valence-corrected chi connectivity index (χ4v) is 2.29. The van der Waals surface area contributed by atoms with Crippen molar-refractivity contribution in [2.75, 3.05) is 6.54 Å². The maximum absolute atomic E-state index is 13.9. The maximum Gasteiger partial charge on any atom is 0.242 e. The van der Waals surface area contributed by atoms with E-state index < -0.39 is 6.04 Å². The van der Waals surface area contributed by atoms with Crippen molar-refractivity contribution in [1.82, 2.24) is 10.2 Å². The summed E-state index contributed by atoms with van der Waals surface area (Å²) in [6.45, 7) is 6.34. The van der Waals surface area contributed by atoms with E-state index in [1.165, 1.54) is 11.0 Å². The van der Waals surface area contributed by atoms with E-state index in [1.54, 1.807) is 25.1 Å². The summed E-state index contributed by atoms with van der Waals surface area (Å²) < 4.78 is 13.9. The van der Waals surface area contributed by atoms with Crippen molar-refractivity contribution in [3.63, 3.8) is 0 Å². The highest BCUT2D eigenvalue weighted by atomic mass is 19.1. The molecule has 5 heteroatoms. The summed E-state index contributed by atoms with van der Waals surface area (Å²) in [7, 11) is 0. The van der Waals surface area contributed by atoms with E-state index in [0.717, 1.165) is 12.8 Å². The number of rotatable bonds is 9. The maximum atomic E-state index is 13.9. The predicted molar refractivity (Wildman–Crippen MR) is 89.2 cm³/mol. The molecule has 2 amide bonds. The van der Waals surface area contributed by atoms with E-state index in [-0.39, 0.29) is 24.2 Å². The number of nitrogens with zero attached hydrogens (tertiary/aromatic N) is 1. The molecule has 0 bridgehead atoms. The summed E-state index contributed by atoms with van der Waals surface area (Å²) in [5.41, 5.74) is 0.421. The van der Waals surface area contributed by atoms with Crippen LogP contribution in [0.2, 0.25) is 0 Å². The monoisotopic (exact) mass is 322 g/mol. The van der Waals surface area contributed by atoms with Gasteiger partial charge in [0.05, 0.1) is 0 Å². The number of hydrogen-bond donors (Lipinski definition) is 1. The van der Waals surface area contributed by atoms with Crippen LogP contribution in [0.25, 0.3) is 0 Å². The fraction of sp³-hybridized carbons (Fsp3) is 0.556. The van der Waals surface area contributed by atoms with Crippen LogP contribution in [0.5, 0.6) is 0 Å². The number of carbonyl (C=O) groups excluding carboxylic acids is 2. The topological polar surface area (TPSA) is 49.4 Å². The lowest BCUT2D eigenvalue weighted by Gasteiger charge is -2.29.